The predicted octanol–water partition coefficient (Wildman–Crippen LogP) is 6.40. The molecule has 0 saturated carbocycles. The highest BCUT2D eigenvalue weighted by Crippen LogP contribution is 2.07. The van der Waals surface area contributed by atoms with Gasteiger partial charge in [-0.05, 0) is 51.0 Å². The van der Waals surface area contributed by atoms with Gasteiger partial charge in [0.05, 0.1) is 11.3 Å². The van der Waals surface area contributed by atoms with Gasteiger partial charge in [-0.2, -0.15) is 0 Å². The summed E-state index contributed by atoms with van der Waals surface area (Å²) in [6.45, 7) is 2.04. The van der Waals surface area contributed by atoms with Gasteiger partial charge in [-0.25, -0.2) is 0 Å². The zero-order chi connectivity index (χ0) is 19.3. The van der Waals surface area contributed by atoms with Crippen molar-refractivity contribution in [1.29, 1.82) is 0 Å². The summed E-state index contributed by atoms with van der Waals surface area (Å²) < 4.78 is 0. The molecule has 0 aliphatic rings. The third-order valence-corrected chi connectivity index (χ3v) is 3.65. The lowest BCUT2D eigenvalue weighted by Crippen LogP contribution is -1.97. The fourth-order valence-corrected chi connectivity index (χ4v) is 2.20. The molecule has 0 saturated heterocycles. The molecule has 0 atom stereocenters. The second-order valence-corrected chi connectivity index (χ2v) is 5.90. The first-order valence-corrected chi connectivity index (χ1v) is 9.50. The Morgan fingerprint density at radius 1 is 0.885 bits per heavy atom. The largest absolute Gasteiger partial charge is 0.291 e. The van der Waals surface area contributed by atoms with E-state index in [1.807, 2.05) is 37.5 Å². The van der Waals surface area contributed by atoms with Crippen molar-refractivity contribution in [2.45, 2.75) is 71.1 Å². The highest BCUT2D eigenvalue weighted by molar-refractivity contribution is 5.50. The summed E-state index contributed by atoms with van der Waals surface area (Å²) in [6, 6.07) is 0. The van der Waals surface area contributed by atoms with Crippen LogP contribution in [-0.4, -0.2) is 11.2 Å². The van der Waals surface area contributed by atoms with E-state index in [1.165, 1.54) is 0 Å². The molecule has 0 N–H and O–H groups in total. The molecule has 4 nitrogen and oxygen atoms in total. The number of rotatable bonds is 16. The average molecular weight is 359 g/mol. The Hall–Kier alpha value is -2.23. The predicted molar refractivity (Wildman–Crippen MR) is 109 cm³/mol. The van der Waals surface area contributed by atoms with Gasteiger partial charge in [-0.1, -0.05) is 62.0 Å². The lowest BCUT2D eigenvalue weighted by molar-refractivity contribution is -0.427. The van der Waals surface area contributed by atoms with E-state index in [-0.39, 0.29) is 10.6 Å². The van der Waals surface area contributed by atoms with Crippen LogP contribution in [0.5, 0.6) is 0 Å². The number of hydrogen-bond donors (Lipinski definition) is 0. The van der Waals surface area contributed by atoms with Crippen molar-refractivity contribution < 1.29 is 9.72 Å². The molecule has 0 spiro atoms. The number of nitrogens with zero attached hydrogens (tertiary/aromatic N) is 1. The molecule has 143 valence electrons. The van der Waals surface area contributed by atoms with E-state index in [9.17, 15) is 14.9 Å². The molecule has 0 aromatic rings. The third kappa shape index (κ3) is 16.6. The molecule has 0 aliphatic carbocycles. The van der Waals surface area contributed by atoms with Crippen LogP contribution < -0.4 is 0 Å². The first-order valence-electron chi connectivity index (χ1n) is 9.50. The first kappa shape index (κ1) is 23.8. The molecule has 26 heavy (non-hydrogen) atoms. The maximum atomic E-state index is 11.0. The van der Waals surface area contributed by atoms with Crippen LogP contribution in [0, 0.1) is 10.1 Å². The summed E-state index contributed by atoms with van der Waals surface area (Å²) in [7, 11) is 0. The molecule has 0 rings (SSSR count). The molecule has 0 unspecified atom stereocenters. The summed E-state index contributed by atoms with van der Waals surface area (Å²) in [6.07, 6.45) is 28.2. The normalized spacial score (nSPS) is 12.9. The summed E-state index contributed by atoms with van der Waals surface area (Å²) in [5.74, 6) is 0. The second-order valence-electron chi connectivity index (χ2n) is 5.90. The van der Waals surface area contributed by atoms with Crippen molar-refractivity contribution in [1.82, 2.24) is 0 Å². The Labute approximate surface area is 158 Å². The van der Waals surface area contributed by atoms with Gasteiger partial charge in [0.15, 0.2) is 6.29 Å². The van der Waals surface area contributed by atoms with E-state index in [4.69, 9.17) is 0 Å². The van der Waals surface area contributed by atoms with Crippen LogP contribution in [0.1, 0.15) is 71.1 Å². The van der Waals surface area contributed by atoms with Gasteiger partial charge in [0, 0.05) is 6.42 Å². The van der Waals surface area contributed by atoms with Crippen LogP contribution in [0.25, 0.3) is 0 Å². The van der Waals surface area contributed by atoms with Crippen LogP contribution in [-0.2, 0) is 4.79 Å². The Kier molecular flexibility index (Phi) is 17.5. The quantitative estimate of drug-likeness (QED) is 0.139. The van der Waals surface area contributed by atoms with Gasteiger partial charge in [0.2, 0.25) is 5.70 Å². The summed E-state index contributed by atoms with van der Waals surface area (Å²) in [4.78, 5) is 20.7. The zero-order valence-corrected chi connectivity index (χ0v) is 15.9. The van der Waals surface area contributed by atoms with Gasteiger partial charge >= 0.3 is 0 Å². The maximum absolute atomic E-state index is 11.0. The molecular weight excluding hydrogens is 326 g/mol. The molecule has 0 bridgehead atoms. The standard InChI is InChI=1S/C22H32NO3/c1-2-3-4-16-19-22(23(25)26)20-17-14-12-10-8-6-5-7-9-11-13-15-18-21-24/h3-5,7-8,10,14,17,19H,2,6,9,11-13,15-16,18,20H2,1H3/b4-3-,7-5-,10-8-,17-14-,22-19+. The van der Waals surface area contributed by atoms with E-state index < -0.39 is 0 Å². The molecule has 4 heteroatoms. The van der Waals surface area contributed by atoms with Crippen molar-refractivity contribution in [2.75, 3.05) is 0 Å². The number of nitro groups is 1. The monoisotopic (exact) mass is 358 g/mol. The van der Waals surface area contributed by atoms with Gasteiger partial charge in [-0.15, -0.1) is 0 Å². The first-order chi connectivity index (χ1) is 12.7. The van der Waals surface area contributed by atoms with Crippen molar-refractivity contribution in [3.8, 4) is 0 Å². The molecule has 0 aromatic heterocycles. The fourth-order valence-electron chi connectivity index (χ4n) is 2.20. The minimum atomic E-state index is -0.304. The van der Waals surface area contributed by atoms with E-state index in [0.29, 0.717) is 19.3 Å². The highest BCUT2D eigenvalue weighted by atomic mass is 16.6. The smallest absolute Gasteiger partial charge is 0.246 e. The van der Waals surface area contributed by atoms with Crippen molar-refractivity contribution >= 4 is 6.29 Å². The van der Waals surface area contributed by atoms with Gasteiger partial charge in [0.25, 0.3) is 0 Å². The van der Waals surface area contributed by atoms with E-state index in [2.05, 4.69) is 24.3 Å². The number of allylic oxidation sites excluding steroid dienone is 9. The molecule has 0 aromatic carbocycles. The van der Waals surface area contributed by atoms with Crippen molar-refractivity contribution in [2.24, 2.45) is 0 Å². The van der Waals surface area contributed by atoms with Crippen molar-refractivity contribution in [3.63, 3.8) is 0 Å². The lowest BCUT2D eigenvalue weighted by atomic mass is 10.1. The molecule has 0 amide bonds. The molecule has 0 aliphatic heterocycles. The molecule has 1 radical (unpaired) electrons. The van der Waals surface area contributed by atoms with E-state index >= 15 is 0 Å². The van der Waals surface area contributed by atoms with Crippen LogP contribution in [0.3, 0.4) is 0 Å². The van der Waals surface area contributed by atoms with Crippen LogP contribution >= 0.6 is 0 Å². The Morgan fingerprint density at radius 2 is 1.54 bits per heavy atom. The van der Waals surface area contributed by atoms with Gasteiger partial charge in [0.1, 0.15) is 0 Å². The highest BCUT2D eigenvalue weighted by Gasteiger charge is 2.06. The topological polar surface area (TPSA) is 60.2 Å². The minimum absolute atomic E-state index is 0.250. The average Bonchev–Trinajstić information content (AvgIpc) is 2.63. The van der Waals surface area contributed by atoms with E-state index in [1.54, 1.807) is 6.08 Å². The van der Waals surface area contributed by atoms with Crippen LogP contribution in [0.15, 0.2) is 60.4 Å². The SMILES string of the molecule is CC/C=C\C/C=C(\C/C=C\C/C=C\C/C=C\CCCCC[C]=O)[N+](=O)[O-]. The summed E-state index contributed by atoms with van der Waals surface area (Å²) in [5.41, 5.74) is 0.250. The molecular formula is C22H32NO3. The fraction of sp³-hybridized carbons (Fsp3) is 0.500. The summed E-state index contributed by atoms with van der Waals surface area (Å²) in [5, 5.41) is 11.0. The Morgan fingerprint density at radius 3 is 2.19 bits per heavy atom. The molecule has 0 heterocycles. The van der Waals surface area contributed by atoms with Crippen molar-refractivity contribution in [3.05, 3.63) is 70.5 Å². The van der Waals surface area contributed by atoms with Crippen LogP contribution in [0.4, 0.5) is 0 Å². The van der Waals surface area contributed by atoms with E-state index in [0.717, 1.165) is 44.9 Å². The maximum Gasteiger partial charge on any atom is 0.246 e. The Bertz CT molecular complexity index is 513. The van der Waals surface area contributed by atoms with Crippen LogP contribution in [0.2, 0.25) is 0 Å². The zero-order valence-electron chi connectivity index (χ0n) is 15.9. The van der Waals surface area contributed by atoms with Gasteiger partial charge in [-0.3, -0.25) is 14.9 Å². The number of hydrogen-bond acceptors (Lipinski definition) is 3. The Balaban J connectivity index is 3.86. The number of unbranched alkanes of at least 4 members (excludes halogenated alkanes) is 4. The lowest BCUT2D eigenvalue weighted by Gasteiger charge is -1.93. The number of carbonyl (C=O) groups excluding carboxylic acids is 1. The molecule has 0 fully saturated rings. The second kappa shape index (κ2) is 19.1. The van der Waals surface area contributed by atoms with Gasteiger partial charge < -0.3 is 0 Å². The summed E-state index contributed by atoms with van der Waals surface area (Å²) >= 11 is 0. The minimum Gasteiger partial charge on any atom is -0.291 e. The third-order valence-electron chi connectivity index (χ3n) is 3.65.